The summed E-state index contributed by atoms with van der Waals surface area (Å²) in [5.74, 6) is -1.06. The largest absolute Gasteiger partial charge is 0.494 e. The highest BCUT2D eigenvalue weighted by molar-refractivity contribution is 6.19. The van der Waals surface area contributed by atoms with Gasteiger partial charge in [0.05, 0.1) is 13.7 Å². The molecule has 96 valence electrons. The van der Waals surface area contributed by atoms with Gasteiger partial charge in [0.25, 0.3) is 0 Å². The fourth-order valence-corrected chi connectivity index (χ4v) is 2.14. The van der Waals surface area contributed by atoms with Crippen molar-refractivity contribution in [1.29, 1.82) is 0 Å². The van der Waals surface area contributed by atoms with E-state index >= 15 is 0 Å². The van der Waals surface area contributed by atoms with E-state index in [9.17, 15) is 14.7 Å². The highest BCUT2D eigenvalue weighted by Gasteiger charge is 2.52. The average Bonchev–Trinajstić information content (AvgIpc) is 2.64. The van der Waals surface area contributed by atoms with E-state index in [1.807, 2.05) is 6.92 Å². The minimum Gasteiger partial charge on any atom is -0.494 e. The summed E-state index contributed by atoms with van der Waals surface area (Å²) in [5.41, 5.74) is -1.25. The maximum absolute atomic E-state index is 12.1. The number of esters is 1. The molecule has 1 aliphatic carbocycles. The summed E-state index contributed by atoms with van der Waals surface area (Å²) in [6, 6.07) is 4.93. The van der Waals surface area contributed by atoms with Crippen LogP contribution in [-0.2, 0) is 16.0 Å². The summed E-state index contributed by atoms with van der Waals surface area (Å²) in [5, 5.41) is 10.2. The highest BCUT2D eigenvalue weighted by atomic mass is 16.5. The number of hydrogen-bond donors (Lipinski definition) is 1. The average molecular weight is 250 g/mol. The second kappa shape index (κ2) is 4.42. The lowest BCUT2D eigenvalue weighted by Gasteiger charge is -2.16. The summed E-state index contributed by atoms with van der Waals surface area (Å²) < 4.78 is 9.88. The lowest BCUT2D eigenvalue weighted by molar-refractivity contribution is -0.156. The molecule has 0 heterocycles. The predicted molar refractivity (Wildman–Crippen MR) is 62.6 cm³/mol. The number of rotatable bonds is 3. The van der Waals surface area contributed by atoms with Crippen molar-refractivity contribution in [3.8, 4) is 5.75 Å². The first kappa shape index (κ1) is 12.6. The number of carbonyl (C=O) groups is 2. The molecule has 0 saturated heterocycles. The van der Waals surface area contributed by atoms with E-state index in [0.29, 0.717) is 23.5 Å². The van der Waals surface area contributed by atoms with E-state index in [-0.39, 0.29) is 6.42 Å². The monoisotopic (exact) mass is 250 g/mol. The van der Waals surface area contributed by atoms with E-state index in [4.69, 9.17) is 4.74 Å². The molecule has 18 heavy (non-hydrogen) atoms. The predicted octanol–water partition coefficient (Wildman–Crippen LogP) is 0.728. The van der Waals surface area contributed by atoms with Crippen LogP contribution in [0.5, 0.6) is 5.75 Å². The summed E-state index contributed by atoms with van der Waals surface area (Å²) in [7, 11) is 1.14. The Morgan fingerprint density at radius 3 is 2.83 bits per heavy atom. The number of carbonyl (C=O) groups excluding carboxylic acids is 2. The van der Waals surface area contributed by atoms with Gasteiger partial charge >= 0.3 is 5.97 Å². The fraction of sp³-hybridized carbons (Fsp3) is 0.385. The van der Waals surface area contributed by atoms with Gasteiger partial charge in [0, 0.05) is 17.5 Å². The van der Waals surface area contributed by atoms with E-state index in [0.717, 1.165) is 7.11 Å². The Hall–Kier alpha value is -1.88. The zero-order chi connectivity index (χ0) is 13.3. The zero-order valence-electron chi connectivity index (χ0n) is 10.2. The molecule has 1 aromatic carbocycles. The van der Waals surface area contributed by atoms with Crippen LogP contribution < -0.4 is 4.74 Å². The van der Waals surface area contributed by atoms with Crippen molar-refractivity contribution in [2.24, 2.45) is 0 Å². The molecule has 1 aromatic rings. The van der Waals surface area contributed by atoms with Gasteiger partial charge in [-0.15, -0.1) is 0 Å². The van der Waals surface area contributed by atoms with Gasteiger partial charge in [-0.3, -0.25) is 4.79 Å². The molecule has 0 saturated carbocycles. The fourth-order valence-electron chi connectivity index (χ4n) is 2.14. The van der Waals surface area contributed by atoms with Crippen molar-refractivity contribution in [1.82, 2.24) is 0 Å². The van der Waals surface area contributed by atoms with Crippen molar-refractivity contribution < 1.29 is 24.2 Å². The number of ether oxygens (including phenoxy) is 2. The van der Waals surface area contributed by atoms with Gasteiger partial charge in [-0.05, 0) is 13.0 Å². The molecular formula is C13H14O5. The molecule has 0 amide bonds. The molecule has 2 rings (SSSR count). The van der Waals surface area contributed by atoms with E-state index in [1.54, 1.807) is 18.2 Å². The third-order valence-electron chi connectivity index (χ3n) is 3.01. The minimum absolute atomic E-state index is 0.107. The number of Topliss-reactive ketones (excluding diaryl/α,β-unsaturated/α-hetero) is 1. The van der Waals surface area contributed by atoms with Crippen LogP contribution >= 0.6 is 0 Å². The van der Waals surface area contributed by atoms with E-state index in [2.05, 4.69) is 4.74 Å². The van der Waals surface area contributed by atoms with Crippen LogP contribution in [0.25, 0.3) is 0 Å². The Labute approximate surface area is 104 Å². The van der Waals surface area contributed by atoms with Crippen molar-refractivity contribution in [2.75, 3.05) is 13.7 Å². The van der Waals surface area contributed by atoms with Gasteiger partial charge in [-0.2, -0.15) is 0 Å². The third-order valence-corrected chi connectivity index (χ3v) is 3.01. The lowest BCUT2D eigenvalue weighted by Crippen LogP contribution is -2.45. The molecule has 5 heteroatoms. The molecule has 0 aliphatic heterocycles. The smallest absolute Gasteiger partial charge is 0.346 e. The van der Waals surface area contributed by atoms with Crippen LogP contribution in [0.3, 0.4) is 0 Å². The van der Waals surface area contributed by atoms with Crippen molar-refractivity contribution in [3.05, 3.63) is 29.3 Å². The van der Waals surface area contributed by atoms with E-state index in [1.165, 1.54) is 0 Å². The molecule has 5 nitrogen and oxygen atoms in total. The van der Waals surface area contributed by atoms with Crippen LogP contribution in [0.1, 0.15) is 22.8 Å². The Balaban J connectivity index is 2.47. The molecule has 1 N–H and O–H groups in total. The number of fused-ring (bicyclic) bond motifs is 1. The van der Waals surface area contributed by atoms with Crippen molar-refractivity contribution in [2.45, 2.75) is 18.9 Å². The van der Waals surface area contributed by atoms with E-state index < -0.39 is 17.4 Å². The first-order valence-electron chi connectivity index (χ1n) is 5.65. The molecule has 0 bridgehead atoms. The molecule has 0 fully saturated rings. The topological polar surface area (TPSA) is 72.8 Å². The summed E-state index contributed by atoms with van der Waals surface area (Å²) in [4.78, 5) is 23.6. The SMILES string of the molecule is CCOc1cccc2c1CC(O)(C(=O)OC)C2=O. The van der Waals surface area contributed by atoms with Crippen LogP contribution in [0.15, 0.2) is 18.2 Å². The maximum atomic E-state index is 12.1. The van der Waals surface area contributed by atoms with Gasteiger partial charge < -0.3 is 14.6 Å². The standard InChI is InChI=1S/C13H14O5/c1-3-18-10-6-4-5-8-9(10)7-13(16,11(8)14)12(15)17-2/h4-6,16H,3,7H2,1-2H3. The lowest BCUT2D eigenvalue weighted by atomic mass is 10.00. The Morgan fingerprint density at radius 2 is 2.22 bits per heavy atom. The number of methoxy groups -OCH3 is 1. The highest BCUT2D eigenvalue weighted by Crippen LogP contribution is 2.36. The summed E-state index contributed by atoms with van der Waals surface area (Å²) >= 11 is 0. The molecular weight excluding hydrogens is 236 g/mol. The van der Waals surface area contributed by atoms with Crippen LogP contribution in [-0.4, -0.2) is 36.2 Å². The molecule has 0 aromatic heterocycles. The summed E-state index contributed by atoms with van der Waals surface area (Å²) in [6.07, 6.45) is -0.107. The van der Waals surface area contributed by atoms with Gasteiger partial charge in [-0.25, -0.2) is 4.79 Å². The number of benzene rings is 1. The molecule has 1 unspecified atom stereocenters. The third kappa shape index (κ3) is 1.67. The first-order chi connectivity index (χ1) is 8.54. The maximum Gasteiger partial charge on any atom is 0.346 e. The minimum atomic E-state index is -2.12. The van der Waals surface area contributed by atoms with Gasteiger partial charge in [0.15, 0.2) is 0 Å². The molecule has 1 atom stereocenters. The second-order valence-electron chi connectivity index (χ2n) is 4.07. The first-order valence-corrected chi connectivity index (χ1v) is 5.65. The normalized spacial score (nSPS) is 21.6. The Bertz CT molecular complexity index is 508. The quantitative estimate of drug-likeness (QED) is 0.632. The summed E-state index contributed by atoms with van der Waals surface area (Å²) in [6.45, 7) is 2.27. The van der Waals surface area contributed by atoms with Crippen molar-refractivity contribution in [3.63, 3.8) is 0 Å². The van der Waals surface area contributed by atoms with Gasteiger partial charge in [-0.1, -0.05) is 12.1 Å². The molecule has 0 spiro atoms. The second-order valence-corrected chi connectivity index (χ2v) is 4.07. The number of aliphatic hydroxyl groups is 1. The van der Waals surface area contributed by atoms with Crippen LogP contribution in [0.2, 0.25) is 0 Å². The Morgan fingerprint density at radius 1 is 1.50 bits per heavy atom. The Kier molecular flexibility index (Phi) is 3.09. The van der Waals surface area contributed by atoms with Gasteiger partial charge in [0.1, 0.15) is 5.75 Å². The van der Waals surface area contributed by atoms with Crippen molar-refractivity contribution >= 4 is 11.8 Å². The molecule has 0 radical (unpaired) electrons. The van der Waals surface area contributed by atoms with Gasteiger partial charge in [0.2, 0.25) is 11.4 Å². The van der Waals surface area contributed by atoms with Crippen LogP contribution in [0.4, 0.5) is 0 Å². The van der Waals surface area contributed by atoms with Crippen LogP contribution in [0, 0.1) is 0 Å². The zero-order valence-corrected chi connectivity index (χ0v) is 10.2. The number of hydrogen-bond acceptors (Lipinski definition) is 5. The number of ketones is 1. The molecule has 1 aliphatic rings.